The van der Waals surface area contributed by atoms with Gasteiger partial charge in [0.15, 0.2) is 0 Å². The zero-order valence-electron chi connectivity index (χ0n) is 28.5. The smallest absolute Gasteiger partial charge is 0.0992 e. The summed E-state index contributed by atoms with van der Waals surface area (Å²) in [4.78, 5) is 9.01. The van der Waals surface area contributed by atoms with E-state index in [2.05, 4.69) is 156 Å². The maximum Gasteiger partial charge on any atom is 0.0992 e. The van der Waals surface area contributed by atoms with Gasteiger partial charge in [0.2, 0.25) is 0 Å². The van der Waals surface area contributed by atoms with Crippen molar-refractivity contribution >= 4 is 0 Å². The summed E-state index contributed by atoms with van der Waals surface area (Å²) >= 11 is 0. The zero-order valence-corrected chi connectivity index (χ0v) is 28.5. The average molecular weight is 673 g/mol. The highest BCUT2D eigenvalue weighted by Gasteiger charge is 2.51. The first-order valence-corrected chi connectivity index (χ1v) is 17.6. The number of hydrogen-bond acceptors (Lipinski definition) is 4. The molecule has 0 N–H and O–H groups in total. The molecule has 2 aliphatic rings. The number of nitrogens with zero attached hydrogens (tertiary/aromatic N) is 4. The van der Waals surface area contributed by atoms with Crippen molar-refractivity contribution in [2.24, 2.45) is 0 Å². The number of hydrogen-bond donors (Lipinski definition) is 0. The second kappa shape index (κ2) is 11.8. The molecule has 1 spiro atoms. The molecule has 6 aromatic carbocycles. The molecule has 2 aromatic heterocycles. The molecular formula is C49H28N4. The van der Waals surface area contributed by atoms with Crippen LogP contribution in [-0.4, -0.2) is 9.97 Å². The van der Waals surface area contributed by atoms with Crippen molar-refractivity contribution in [1.82, 2.24) is 9.97 Å². The Labute approximate surface area is 307 Å². The molecule has 8 aromatic rings. The van der Waals surface area contributed by atoms with Crippen LogP contribution in [0.5, 0.6) is 0 Å². The molecule has 53 heavy (non-hydrogen) atoms. The topological polar surface area (TPSA) is 73.4 Å². The molecule has 0 aliphatic heterocycles. The van der Waals surface area contributed by atoms with Crippen LogP contribution in [-0.2, 0) is 5.41 Å². The molecule has 4 nitrogen and oxygen atoms in total. The predicted octanol–water partition coefficient (Wildman–Crippen LogP) is 11.2. The third-order valence-corrected chi connectivity index (χ3v) is 10.9. The highest BCUT2D eigenvalue weighted by atomic mass is 14.7. The summed E-state index contributed by atoms with van der Waals surface area (Å²) in [7, 11) is 0. The van der Waals surface area contributed by atoms with E-state index in [1.807, 2.05) is 12.1 Å². The van der Waals surface area contributed by atoms with Crippen LogP contribution in [0.4, 0.5) is 0 Å². The SMILES string of the molecule is N#Cc1ccnc(-c2ccc(-c3ccc4c(c3)-c3cc(-c5ccc(-c6cc(C#N)ccn6)cc5)ccc3C43c4ccccc4-c4ccccc43)cc2)c1. The first-order chi connectivity index (χ1) is 26.1. The Morgan fingerprint density at radius 3 is 1.17 bits per heavy atom. The van der Waals surface area contributed by atoms with E-state index in [4.69, 9.17) is 0 Å². The van der Waals surface area contributed by atoms with Crippen molar-refractivity contribution in [2.45, 2.75) is 5.41 Å². The number of aromatic nitrogens is 2. The standard InChI is InChI=1S/C49H28N4/c50-29-31-21-23-52-47(25-31)35-13-9-33(10-14-35)37-17-19-45-41(27-37)42-28-38(34-11-15-36(16-12-34)48-26-32(30-51)22-24-53-48)18-20-46(42)49(45)43-7-3-1-5-39(43)40-6-2-4-8-44(40)49/h1-28H. The Hall–Kier alpha value is -7.40. The van der Waals surface area contributed by atoms with Crippen molar-refractivity contribution < 1.29 is 0 Å². The van der Waals surface area contributed by atoms with Crippen molar-refractivity contribution in [2.75, 3.05) is 0 Å². The fourth-order valence-electron chi connectivity index (χ4n) is 8.49. The van der Waals surface area contributed by atoms with Crippen LogP contribution in [0.15, 0.2) is 170 Å². The lowest BCUT2D eigenvalue weighted by Gasteiger charge is -2.30. The molecule has 0 saturated carbocycles. The van der Waals surface area contributed by atoms with E-state index in [0.29, 0.717) is 11.1 Å². The molecule has 0 unspecified atom stereocenters. The van der Waals surface area contributed by atoms with Gasteiger partial charge in [-0.3, -0.25) is 9.97 Å². The summed E-state index contributed by atoms with van der Waals surface area (Å²) in [6.07, 6.45) is 3.37. The molecule has 0 saturated heterocycles. The lowest BCUT2D eigenvalue weighted by Crippen LogP contribution is -2.25. The minimum Gasteiger partial charge on any atom is -0.256 e. The molecule has 0 radical (unpaired) electrons. The molecule has 0 atom stereocenters. The van der Waals surface area contributed by atoms with Gasteiger partial charge in [-0.15, -0.1) is 0 Å². The predicted molar refractivity (Wildman–Crippen MR) is 210 cm³/mol. The molecule has 244 valence electrons. The monoisotopic (exact) mass is 672 g/mol. The van der Waals surface area contributed by atoms with Crippen LogP contribution in [0.25, 0.3) is 67.0 Å². The molecule has 10 rings (SSSR count). The van der Waals surface area contributed by atoms with Gasteiger partial charge in [0.05, 0.1) is 40.1 Å². The van der Waals surface area contributed by atoms with Crippen LogP contribution in [0.2, 0.25) is 0 Å². The highest BCUT2D eigenvalue weighted by molar-refractivity contribution is 5.97. The summed E-state index contributed by atoms with van der Waals surface area (Å²) < 4.78 is 0. The van der Waals surface area contributed by atoms with Crippen LogP contribution >= 0.6 is 0 Å². The van der Waals surface area contributed by atoms with Gasteiger partial charge in [-0.05, 0) is 103 Å². The van der Waals surface area contributed by atoms with E-state index in [1.54, 1.807) is 24.5 Å². The third-order valence-electron chi connectivity index (χ3n) is 10.9. The molecule has 0 amide bonds. The molecular weight excluding hydrogens is 645 g/mol. The van der Waals surface area contributed by atoms with Crippen LogP contribution in [0, 0.1) is 22.7 Å². The Kier molecular flexibility index (Phi) is 6.80. The maximum absolute atomic E-state index is 9.40. The van der Waals surface area contributed by atoms with Gasteiger partial charge >= 0.3 is 0 Å². The Balaban J connectivity index is 1.13. The number of rotatable bonds is 4. The summed E-state index contributed by atoms with van der Waals surface area (Å²) in [6.45, 7) is 0. The van der Waals surface area contributed by atoms with Gasteiger partial charge in [-0.25, -0.2) is 0 Å². The second-order valence-corrected chi connectivity index (χ2v) is 13.6. The van der Waals surface area contributed by atoms with Crippen LogP contribution in [0.3, 0.4) is 0 Å². The van der Waals surface area contributed by atoms with Gasteiger partial charge in [-0.2, -0.15) is 10.5 Å². The number of nitriles is 2. The lowest BCUT2D eigenvalue weighted by atomic mass is 9.70. The maximum atomic E-state index is 9.40. The minimum atomic E-state index is -0.433. The Morgan fingerprint density at radius 1 is 0.358 bits per heavy atom. The average Bonchev–Trinajstić information content (AvgIpc) is 3.70. The van der Waals surface area contributed by atoms with Crippen molar-refractivity contribution in [3.05, 3.63) is 203 Å². The summed E-state index contributed by atoms with van der Waals surface area (Å²) in [6, 6.07) is 60.1. The largest absolute Gasteiger partial charge is 0.256 e. The molecule has 0 bridgehead atoms. The number of fused-ring (bicyclic) bond motifs is 10. The van der Waals surface area contributed by atoms with E-state index in [-0.39, 0.29) is 0 Å². The quantitative estimate of drug-likeness (QED) is 0.186. The van der Waals surface area contributed by atoms with Crippen molar-refractivity contribution in [3.8, 4) is 79.2 Å². The van der Waals surface area contributed by atoms with E-state index < -0.39 is 5.41 Å². The zero-order chi connectivity index (χ0) is 35.5. The van der Waals surface area contributed by atoms with Crippen LogP contribution < -0.4 is 0 Å². The van der Waals surface area contributed by atoms with Gasteiger partial charge in [0.25, 0.3) is 0 Å². The van der Waals surface area contributed by atoms with Crippen molar-refractivity contribution in [1.29, 1.82) is 10.5 Å². The minimum absolute atomic E-state index is 0.433. The second-order valence-electron chi connectivity index (χ2n) is 13.6. The van der Waals surface area contributed by atoms with E-state index >= 15 is 0 Å². The molecule has 0 fully saturated rings. The number of benzene rings is 6. The van der Waals surface area contributed by atoms with E-state index in [9.17, 15) is 10.5 Å². The van der Waals surface area contributed by atoms with Gasteiger partial charge in [0, 0.05) is 23.5 Å². The van der Waals surface area contributed by atoms with E-state index in [1.165, 1.54) is 44.5 Å². The van der Waals surface area contributed by atoms with E-state index in [0.717, 1.165) is 44.8 Å². The van der Waals surface area contributed by atoms with Gasteiger partial charge in [0.1, 0.15) is 0 Å². The summed E-state index contributed by atoms with van der Waals surface area (Å²) in [5.41, 5.74) is 19.0. The van der Waals surface area contributed by atoms with Gasteiger partial charge < -0.3 is 0 Å². The lowest BCUT2D eigenvalue weighted by molar-refractivity contribution is 0.794. The molecule has 2 aliphatic carbocycles. The fraction of sp³-hybridized carbons (Fsp3) is 0.0204. The Morgan fingerprint density at radius 2 is 0.736 bits per heavy atom. The van der Waals surface area contributed by atoms with Crippen molar-refractivity contribution in [3.63, 3.8) is 0 Å². The Bertz CT molecular complexity index is 2660. The molecule has 4 heteroatoms. The highest BCUT2D eigenvalue weighted by Crippen LogP contribution is 2.63. The van der Waals surface area contributed by atoms with Crippen LogP contribution in [0.1, 0.15) is 33.4 Å². The first kappa shape index (κ1) is 30.4. The third kappa shape index (κ3) is 4.60. The molecule has 2 heterocycles. The first-order valence-electron chi connectivity index (χ1n) is 17.6. The summed E-state index contributed by atoms with van der Waals surface area (Å²) in [5, 5.41) is 18.8. The number of pyridine rings is 2. The fourth-order valence-corrected chi connectivity index (χ4v) is 8.49. The summed E-state index contributed by atoms with van der Waals surface area (Å²) in [5.74, 6) is 0. The normalized spacial score (nSPS) is 12.6. The van der Waals surface area contributed by atoms with Gasteiger partial charge in [-0.1, -0.05) is 121 Å².